The molecule has 2 aromatic heterocycles. The maximum absolute atomic E-state index is 13.5. The molecule has 0 atom stereocenters. The molecular formula is C23H22F3N5O4S. The summed E-state index contributed by atoms with van der Waals surface area (Å²) in [4.78, 5) is 21.8. The van der Waals surface area contributed by atoms with Gasteiger partial charge < -0.3 is 10.1 Å². The summed E-state index contributed by atoms with van der Waals surface area (Å²) >= 11 is 0. The van der Waals surface area contributed by atoms with Gasteiger partial charge in [0.15, 0.2) is 15.5 Å². The third kappa shape index (κ3) is 5.30. The summed E-state index contributed by atoms with van der Waals surface area (Å²) in [5, 5.41) is 9.18. The van der Waals surface area contributed by atoms with E-state index in [1.807, 2.05) is 0 Å². The molecule has 1 amide bonds. The number of amides is 1. The van der Waals surface area contributed by atoms with Crippen molar-refractivity contribution < 1.29 is 31.1 Å². The molecule has 0 unspecified atom stereocenters. The Kier molecular flexibility index (Phi) is 6.69. The minimum absolute atomic E-state index is 0.0281. The summed E-state index contributed by atoms with van der Waals surface area (Å²) in [7, 11) is -3.58. The minimum Gasteiger partial charge on any atom is -0.416 e. The third-order valence-electron chi connectivity index (χ3n) is 5.84. The van der Waals surface area contributed by atoms with Crippen molar-refractivity contribution in [1.82, 2.24) is 20.2 Å². The minimum atomic E-state index is -4.87. The molecule has 0 aliphatic heterocycles. The number of alkyl halides is 3. The van der Waals surface area contributed by atoms with Gasteiger partial charge in [-0.25, -0.2) is 13.4 Å². The normalized spacial score (nSPS) is 14.3. The van der Waals surface area contributed by atoms with Crippen LogP contribution in [0.3, 0.4) is 0 Å². The average molecular weight is 522 g/mol. The van der Waals surface area contributed by atoms with E-state index in [0.717, 1.165) is 38.1 Å². The molecule has 13 heteroatoms. The van der Waals surface area contributed by atoms with Gasteiger partial charge in [0.25, 0.3) is 11.8 Å². The first kappa shape index (κ1) is 25.5. The molecule has 0 saturated heterocycles. The number of aromatic nitrogens is 4. The molecule has 1 N–H and O–H groups in total. The first-order chi connectivity index (χ1) is 16.8. The summed E-state index contributed by atoms with van der Waals surface area (Å²) in [5.74, 6) is -1.21. The van der Waals surface area contributed by atoms with Crippen molar-refractivity contribution in [3.63, 3.8) is 0 Å². The number of carbonyl (C=O) groups excluding carboxylic acids is 1. The summed E-state index contributed by atoms with van der Waals surface area (Å²) in [6.07, 6.45) is 0.765. The van der Waals surface area contributed by atoms with Crippen LogP contribution in [0.2, 0.25) is 0 Å². The second kappa shape index (κ2) is 9.45. The van der Waals surface area contributed by atoms with E-state index >= 15 is 0 Å². The highest BCUT2D eigenvalue weighted by Crippen LogP contribution is 2.37. The zero-order valence-corrected chi connectivity index (χ0v) is 20.4. The van der Waals surface area contributed by atoms with Crippen LogP contribution in [-0.4, -0.2) is 40.7 Å². The Bertz CT molecular complexity index is 1440. The molecule has 0 bridgehead atoms. The van der Waals surface area contributed by atoms with Crippen LogP contribution in [0.25, 0.3) is 0 Å². The molecule has 1 aliphatic carbocycles. The number of sulfone groups is 1. The average Bonchev–Trinajstić information content (AvgIpc) is 2.73. The SMILES string of the molecule is Cc1nc(C2CCC2)cnc1Oc1nnc(C(F)(F)F)c(C)c1C(=O)Nc1cccc(S(C)(=O)=O)c1. The smallest absolute Gasteiger partial charge is 0.416 e. The Balaban J connectivity index is 1.72. The Morgan fingerprint density at radius 1 is 1.14 bits per heavy atom. The summed E-state index contributed by atoms with van der Waals surface area (Å²) in [6, 6.07) is 5.31. The Hall–Kier alpha value is -3.61. The van der Waals surface area contributed by atoms with Crippen LogP contribution < -0.4 is 10.1 Å². The van der Waals surface area contributed by atoms with Crippen LogP contribution in [0.4, 0.5) is 18.9 Å². The van der Waals surface area contributed by atoms with Gasteiger partial charge in [0.1, 0.15) is 11.3 Å². The zero-order valence-electron chi connectivity index (χ0n) is 19.5. The summed E-state index contributed by atoms with van der Waals surface area (Å²) < 4.78 is 69.9. The second-order valence-electron chi connectivity index (χ2n) is 8.52. The van der Waals surface area contributed by atoms with Gasteiger partial charge in [-0.2, -0.15) is 13.2 Å². The number of ether oxygens (including phenoxy) is 1. The number of rotatable bonds is 6. The third-order valence-corrected chi connectivity index (χ3v) is 6.95. The lowest BCUT2D eigenvalue weighted by Crippen LogP contribution is -2.21. The first-order valence-corrected chi connectivity index (χ1v) is 12.8. The fourth-order valence-electron chi connectivity index (χ4n) is 3.69. The molecular weight excluding hydrogens is 499 g/mol. The van der Waals surface area contributed by atoms with Crippen molar-refractivity contribution in [1.29, 1.82) is 0 Å². The molecule has 1 saturated carbocycles. The number of nitrogens with one attached hydrogen (secondary N) is 1. The molecule has 3 aromatic rings. The molecule has 9 nitrogen and oxygen atoms in total. The van der Waals surface area contributed by atoms with Crippen LogP contribution in [-0.2, 0) is 16.0 Å². The van der Waals surface area contributed by atoms with E-state index < -0.39 is 44.6 Å². The molecule has 0 radical (unpaired) electrons. The number of nitrogens with zero attached hydrogens (tertiary/aromatic N) is 4. The van der Waals surface area contributed by atoms with Crippen molar-refractivity contribution in [2.75, 3.05) is 11.6 Å². The lowest BCUT2D eigenvalue weighted by Gasteiger charge is -2.24. The number of benzene rings is 1. The van der Waals surface area contributed by atoms with Crippen LogP contribution in [0.1, 0.15) is 58.2 Å². The van der Waals surface area contributed by atoms with E-state index in [2.05, 4.69) is 25.5 Å². The van der Waals surface area contributed by atoms with Crippen LogP contribution >= 0.6 is 0 Å². The largest absolute Gasteiger partial charge is 0.435 e. The van der Waals surface area contributed by atoms with E-state index in [-0.39, 0.29) is 16.5 Å². The van der Waals surface area contributed by atoms with Crippen molar-refractivity contribution in [2.24, 2.45) is 0 Å². The van der Waals surface area contributed by atoms with Gasteiger partial charge in [-0.3, -0.25) is 9.78 Å². The van der Waals surface area contributed by atoms with Gasteiger partial charge >= 0.3 is 6.18 Å². The van der Waals surface area contributed by atoms with E-state index in [4.69, 9.17) is 4.74 Å². The molecule has 4 rings (SSSR count). The quantitative estimate of drug-likeness (QED) is 0.498. The standard InChI is InChI=1S/C23H22F3N5O4S/c1-12-18(20(32)29-15-8-5-9-16(10-15)36(3,33)34)22(31-30-19(12)23(24,25)26)35-21-13(2)28-17(11-27-21)14-6-4-7-14/h5,8-11,14H,4,6-7H2,1-3H3,(H,29,32). The van der Waals surface area contributed by atoms with E-state index in [0.29, 0.717) is 11.6 Å². The fourth-order valence-corrected chi connectivity index (χ4v) is 4.35. The molecule has 36 heavy (non-hydrogen) atoms. The van der Waals surface area contributed by atoms with Gasteiger partial charge in [-0.05, 0) is 50.5 Å². The fraction of sp³-hybridized carbons (Fsp3) is 0.348. The molecule has 1 aromatic carbocycles. The lowest BCUT2D eigenvalue weighted by atomic mass is 9.83. The van der Waals surface area contributed by atoms with E-state index in [9.17, 15) is 26.4 Å². The number of hydrogen-bond acceptors (Lipinski definition) is 8. The highest BCUT2D eigenvalue weighted by atomic mass is 32.2. The number of carbonyl (C=O) groups is 1. The van der Waals surface area contributed by atoms with Crippen LogP contribution in [0, 0.1) is 13.8 Å². The lowest BCUT2D eigenvalue weighted by molar-refractivity contribution is -0.142. The zero-order chi connectivity index (χ0) is 26.3. The monoisotopic (exact) mass is 521 g/mol. The van der Waals surface area contributed by atoms with Crippen molar-refractivity contribution in [3.8, 4) is 11.8 Å². The predicted octanol–water partition coefficient (Wildman–Crippen LogP) is 4.62. The molecule has 0 spiro atoms. The highest BCUT2D eigenvalue weighted by Gasteiger charge is 2.38. The van der Waals surface area contributed by atoms with Gasteiger partial charge in [0, 0.05) is 17.9 Å². The Morgan fingerprint density at radius 2 is 1.86 bits per heavy atom. The Labute approximate surface area is 205 Å². The molecule has 2 heterocycles. The Morgan fingerprint density at radius 3 is 2.44 bits per heavy atom. The highest BCUT2D eigenvalue weighted by molar-refractivity contribution is 7.90. The number of hydrogen-bond donors (Lipinski definition) is 1. The van der Waals surface area contributed by atoms with Crippen molar-refractivity contribution in [3.05, 3.63) is 58.7 Å². The number of halogens is 3. The molecule has 1 fully saturated rings. The van der Waals surface area contributed by atoms with Gasteiger partial charge in [0.05, 0.1) is 16.8 Å². The number of anilines is 1. The maximum Gasteiger partial charge on any atom is 0.435 e. The van der Waals surface area contributed by atoms with Gasteiger partial charge in [0.2, 0.25) is 5.88 Å². The summed E-state index contributed by atoms with van der Waals surface area (Å²) in [6.45, 7) is 2.70. The number of aryl methyl sites for hydroxylation is 1. The van der Waals surface area contributed by atoms with Crippen LogP contribution in [0.15, 0.2) is 35.4 Å². The van der Waals surface area contributed by atoms with E-state index in [1.165, 1.54) is 30.5 Å². The van der Waals surface area contributed by atoms with Crippen molar-refractivity contribution in [2.45, 2.75) is 50.1 Å². The van der Waals surface area contributed by atoms with E-state index in [1.54, 1.807) is 6.92 Å². The summed E-state index contributed by atoms with van der Waals surface area (Å²) in [5.41, 5.74) is -1.16. The molecule has 190 valence electrons. The maximum atomic E-state index is 13.5. The van der Waals surface area contributed by atoms with Crippen molar-refractivity contribution >= 4 is 21.4 Å². The predicted molar refractivity (Wildman–Crippen MR) is 123 cm³/mol. The van der Waals surface area contributed by atoms with Crippen LogP contribution in [0.5, 0.6) is 11.8 Å². The topological polar surface area (TPSA) is 124 Å². The second-order valence-corrected chi connectivity index (χ2v) is 10.5. The van der Waals surface area contributed by atoms with Gasteiger partial charge in [-0.1, -0.05) is 12.5 Å². The first-order valence-electron chi connectivity index (χ1n) is 10.9. The molecule has 1 aliphatic rings. The van der Waals surface area contributed by atoms with Gasteiger partial charge in [-0.15, -0.1) is 10.2 Å².